The zero-order valence-corrected chi connectivity index (χ0v) is 10.8. The molecule has 2 aromatic rings. The molecule has 0 fully saturated rings. The monoisotopic (exact) mass is 291 g/mol. The minimum Gasteiger partial charge on any atom is -0.452 e. The van der Waals surface area contributed by atoms with Gasteiger partial charge in [-0.05, 0) is 42.5 Å². The van der Waals surface area contributed by atoms with E-state index in [0.717, 1.165) is 6.07 Å². The van der Waals surface area contributed by atoms with E-state index in [9.17, 15) is 18.4 Å². The molecule has 0 saturated heterocycles. The second kappa shape index (κ2) is 6.60. The lowest BCUT2D eigenvalue weighted by Crippen LogP contribution is -2.20. The maximum atomic E-state index is 12.9. The summed E-state index contributed by atoms with van der Waals surface area (Å²) in [7, 11) is 0. The number of nitrogens with one attached hydrogen (secondary N) is 1. The highest BCUT2D eigenvalue weighted by atomic mass is 19.1. The standard InChI is InChI=1S/C15H11F2NO3/c16-11-4-6-13(7-5-11)18-14(19)9-21-15(20)10-2-1-3-12(17)8-10/h1-8H,9H2,(H,18,19). The van der Waals surface area contributed by atoms with Crippen molar-refractivity contribution in [3.8, 4) is 0 Å². The van der Waals surface area contributed by atoms with E-state index in [4.69, 9.17) is 4.74 Å². The fourth-order valence-electron chi connectivity index (χ4n) is 1.56. The van der Waals surface area contributed by atoms with Gasteiger partial charge in [0.15, 0.2) is 6.61 Å². The van der Waals surface area contributed by atoms with Gasteiger partial charge in [-0.15, -0.1) is 0 Å². The first-order valence-corrected chi connectivity index (χ1v) is 6.03. The molecule has 0 aliphatic heterocycles. The number of hydrogen-bond acceptors (Lipinski definition) is 3. The lowest BCUT2D eigenvalue weighted by Gasteiger charge is -2.06. The molecule has 0 radical (unpaired) electrons. The third-order valence-electron chi connectivity index (χ3n) is 2.52. The van der Waals surface area contributed by atoms with E-state index in [1.165, 1.54) is 42.5 Å². The Kier molecular flexibility index (Phi) is 4.61. The van der Waals surface area contributed by atoms with Crippen molar-refractivity contribution in [3.05, 3.63) is 65.7 Å². The lowest BCUT2D eigenvalue weighted by molar-refractivity contribution is -0.119. The Labute approximate surface area is 119 Å². The Morgan fingerprint density at radius 3 is 2.38 bits per heavy atom. The van der Waals surface area contributed by atoms with Crippen molar-refractivity contribution in [2.75, 3.05) is 11.9 Å². The van der Waals surface area contributed by atoms with Crippen molar-refractivity contribution in [2.45, 2.75) is 0 Å². The van der Waals surface area contributed by atoms with Crippen molar-refractivity contribution in [2.24, 2.45) is 0 Å². The van der Waals surface area contributed by atoms with Gasteiger partial charge in [0.2, 0.25) is 0 Å². The number of carbonyl (C=O) groups is 2. The molecule has 0 aliphatic carbocycles. The van der Waals surface area contributed by atoms with Gasteiger partial charge in [0.1, 0.15) is 11.6 Å². The number of anilines is 1. The minimum absolute atomic E-state index is 0.0181. The molecular weight excluding hydrogens is 280 g/mol. The van der Waals surface area contributed by atoms with E-state index in [2.05, 4.69) is 5.32 Å². The number of amides is 1. The van der Waals surface area contributed by atoms with Crippen molar-refractivity contribution in [1.29, 1.82) is 0 Å². The number of ether oxygens (including phenoxy) is 1. The van der Waals surface area contributed by atoms with Crippen LogP contribution in [-0.4, -0.2) is 18.5 Å². The molecule has 0 saturated carbocycles. The van der Waals surface area contributed by atoms with Crippen LogP contribution in [0.25, 0.3) is 0 Å². The average molecular weight is 291 g/mol. The highest BCUT2D eigenvalue weighted by Gasteiger charge is 2.11. The highest BCUT2D eigenvalue weighted by Crippen LogP contribution is 2.08. The van der Waals surface area contributed by atoms with Gasteiger partial charge in [-0.3, -0.25) is 4.79 Å². The summed E-state index contributed by atoms with van der Waals surface area (Å²) < 4.78 is 30.4. The van der Waals surface area contributed by atoms with Crippen LogP contribution in [0.15, 0.2) is 48.5 Å². The fraction of sp³-hybridized carbons (Fsp3) is 0.0667. The van der Waals surface area contributed by atoms with Crippen LogP contribution < -0.4 is 5.32 Å². The van der Waals surface area contributed by atoms with Crippen LogP contribution in [0, 0.1) is 11.6 Å². The number of halogens is 2. The van der Waals surface area contributed by atoms with E-state index >= 15 is 0 Å². The second-order valence-electron chi connectivity index (χ2n) is 4.14. The maximum absolute atomic E-state index is 12.9. The Balaban J connectivity index is 1.86. The SMILES string of the molecule is O=C(COC(=O)c1cccc(F)c1)Nc1ccc(F)cc1. The largest absolute Gasteiger partial charge is 0.452 e. The second-order valence-corrected chi connectivity index (χ2v) is 4.14. The normalized spacial score (nSPS) is 10.0. The molecule has 0 aliphatic rings. The Bertz CT molecular complexity index is 656. The van der Waals surface area contributed by atoms with E-state index in [1.807, 2.05) is 0 Å². The summed E-state index contributed by atoms with van der Waals surface area (Å²) in [6.07, 6.45) is 0. The third kappa shape index (κ3) is 4.38. The molecule has 2 aromatic carbocycles. The number of carbonyl (C=O) groups excluding carboxylic acids is 2. The van der Waals surface area contributed by atoms with Gasteiger partial charge < -0.3 is 10.1 Å². The van der Waals surface area contributed by atoms with Crippen LogP contribution in [0.3, 0.4) is 0 Å². The summed E-state index contributed by atoms with van der Waals surface area (Å²) in [5.74, 6) is -2.37. The van der Waals surface area contributed by atoms with Crippen molar-refractivity contribution in [3.63, 3.8) is 0 Å². The molecule has 21 heavy (non-hydrogen) atoms. The number of hydrogen-bond donors (Lipinski definition) is 1. The van der Waals surface area contributed by atoms with Crippen LogP contribution in [0.5, 0.6) is 0 Å². The van der Waals surface area contributed by atoms with Crippen LogP contribution in [0.1, 0.15) is 10.4 Å². The van der Waals surface area contributed by atoms with Crippen LogP contribution in [-0.2, 0) is 9.53 Å². The molecule has 0 heterocycles. The summed E-state index contributed by atoms with van der Waals surface area (Å²) in [5, 5.41) is 2.43. The molecule has 108 valence electrons. The first-order valence-electron chi connectivity index (χ1n) is 6.03. The molecular formula is C15H11F2NO3. The molecule has 2 rings (SSSR count). The van der Waals surface area contributed by atoms with E-state index in [1.54, 1.807) is 0 Å². The minimum atomic E-state index is -0.802. The van der Waals surface area contributed by atoms with Gasteiger partial charge in [0.05, 0.1) is 5.56 Å². The maximum Gasteiger partial charge on any atom is 0.338 e. The van der Waals surface area contributed by atoms with Crippen LogP contribution in [0.2, 0.25) is 0 Å². The first-order chi connectivity index (χ1) is 10.0. The Morgan fingerprint density at radius 1 is 1.00 bits per heavy atom. The molecule has 0 bridgehead atoms. The molecule has 0 aromatic heterocycles. The van der Waals surface area contributed by atoms with E-state index < -0.39 is 30.1 Å². The highest BCUT2D eigenvalue weighted by molar-refractivity contribution is 5.95. The quantitative estimate of drug-likeness (QED) is 0.881. The Hall–Kier alpha value is -2.76. The molecule has 0 spiro atoms. The van der Waals surface area contributed by atoms with Crippen molar-refractivity contribution >= 4 is 17.6 Å². The molecule has 1 N–H and O–H groups in total. The smallest absolute Gasteiger partial charge is 0.338 e. The van der Waals surface area contributed by atoms with E-state index in [-0.39, 0.29) is 5.56 Å². The zero-order chi connectivity index (χ0) is 15.2. The molecule has 4 nitrogen and oxygen atoms in total. The summed E-state index contributed by atoms with van der Waals surface area (Å²) >= 11 is 0. The van der Waals surface area contributed by atoms with Gasteiger partial charge in [-0.2, -0.15) is 0 Å². The predicted molar refractivity (Wildman–Crippen MR) is 71.7 cm³/mol. The van der Waals surface area contributed by atoms with Crippen molar-refractivity contribution in [1.82, 2.24) is 0 Å². The summed E-state index contributed by atoms with van der Waals surface area (Å²) in [6.45, 7) is -0.521. The molecule has 6 heteroatoms. The van der Waals surface area contributed by atoms with Gasteiger partial charge in [0, 0.05) is 5.69 Å². The van der Waals surface area contributed by atoms with Gasteiger partial charge in [0.25, 0.3) is 5.91 Å². The lowest BCUT2D eigenvalue weighted by atomic mass is 10.2. The summed E-state index contributed by atoms with van der Waals surface area (Å²) in [5.41, 5.74) is 0.396. The van der Waals surface area contributed by atoms with Crippen LogP contribution in [0.4, 0.5) is 14.5 Å². The Morgan fingerprint density at radius 2 is 1.71 bits per heavy atom. The molecule has 1 amide bonds. The zero-order valence-electron chi connectivity index (χ0n) is 10.8. The van der Waals surface area contributed by atoms with Crippen LogP contribution >= 0.6 is 0 Å². The summed E-state index contributed by atoms with van der Waals surface area (Å²) in [4.78, 5) is 23.1. The van der Waals surface area contributed by atoms with E-state index in [0.29, 0.717) is 5.69 Å². The topological polar surface area (TPSA) is 55.4 Å². The van der Waals surface area contributed by atoms with Gasteiger partial charge in [-0.1, -0.05) is 6.07 Å². The number of rotatable bonds is 4. The molecule has 0 unspecified atom stereocenters. The predicted octanol–water partition coefficient (Wildman–Crippen LogP) is 2.76. The fourth-order valence-corrected chi connectivity index (χ4v) is 1.56. The third-order valence-corrected chi connectivity index (χ3v) is 2.52. The summed E-state index contributed by atoms with van der Waals surface area (Å²) in [6, 6.07) is 10.1. The van der Waals surface area contributed by atoms with Crippen molar-refractivity contribution < 1.29 is 23.1 Å². The first kappa shape index (κ1) is 14.6. The van der Waals surface area contributed by atoms with Gasteiger partial charge in [-0.25, -0.2) is 13.6 Å². The average Bonchev–Trinajstić information content (AvgIpc) is 2.47. The number of esters is 1. The molecule has 0 atom stereocenters. The number of benzene rings is 2. The van der Waals surface area contributed by atoms with Gasteiger partial charge >= 0.3 is 5.97 Å².